The van der Waals surface area contributed by atoms with E-state index in [1.807, 2.05) is 23.9 Å². The van der Waals surface area contributed by atoms with Gasteiger partial charge in [0.25, 0.3) is 0 Å². The first kappa shape index (κ1) is 20.8. The molecule has 2 heterocycles. The van der Waals surface area contributed by atoms with Crippen molar-refractivity contribution in [3.63, 3.8) is 0 Å². The number of nitrogens with one attached hydrogen (secondary N) is 2. The number of benzene rings is 1. The molecule has 152 valence electrons. The largest absolute Gasteiger partial charge is 0.468 e. The molecule has 1 aliphatic heterocycles. The first-order valence-corrected chi connectivity index (χ1v) is 11.3. The Labute approximate surface area is 173 Å². The van der Waals surface area contributed by atoms with Crippen LogP contribution >= 0.6 is 11.8 Å². The fraction of sp³-hybridized carbons (Fsp3) is 0.500. The summed E-state index contributed by atoms with van der Waals surface area (Å²) < 4.78 is 5.47. The quantitative estimate of drug-likeness (QED) is 0.520. The van der Waals surface area contributed by atoms with E-state index in [4.69, 9.17) is 9.41 Å². The average molecular weight is 401 g/mol. The van der Waals surface area contributed by atoms with Crippen LogP contribution in [-0.4, -0.2) is 42.0 Å². The Balaban J connectivity index is 1.62. The van der Waals surface area contributed by atoms with Crippen LogP contribution in [0.15, 0.2) is 52.1 Å². The lowest BCUT2D eigenvalue weighted by Gasteiger charge is -2.24. The van der Waals surface area contributed by atoms with Gasteiger partial charge in [-0.2, -0.15) is 11.8 Å². The average Bonchev–Trinajstić information content (AvgIpc) is 3.21. The topological polar surface area (TPSA) is 52.8 Å². The third-order valence-electron chi connectivity index (χ3n) is 4.82. The second kappa shape index (κ2) is 11.2. The highest BCUT2D eigenvalue weighted by Gasteiger charge is 2.15. The van der Waals surface area contributed by atoms with E-state index in [1.54, 1.807) is 6.26 Å². The summed E-state index contributed by atoms with van der Waals surface area (Å²) in [6.07, 6.45) is 4.24. The molecule has 3 rings (SSSR count). The van der Waals surface area contributed by atoms with Crippen molar-refractivity contribution in [2.75, 3.05) is 25.1 Å². The first-order chi connectivity index (χ1) is 13.7. The Bertz CT molecular complexity index is 726. The Hall–Kier alpha value is -1.92. The Morgan fingerprint density at radius 3 is 2.79 bits per heavy atom. The summed E-state index contributed by atoms with van der Waals surface area (Å²) in [5.74, 6) is 4.36. The smallest absolute Gasteiger partial charge is 0.191 e. The minimum absolute atomic E-state index is 0.520. The van der Waals surface area contributed by atoms with E-state index in [2.05, 4.69) is 53.8 Å². The number of thioether (sulfide) groups is 1. The van der Waals surface area contributed by atoms with Crippen molar-refractivity contribution in [1.82, 2.24) is 15.5 Å². The van der Waals surface area contributed by atoms with Gasteiger partial charge in [0.15, 0.2) is 5.96 Å². The van der Waals surface area contributed by atoms with Gasteiger partial charge in [-0.1, -0.05) is 24.3 Å². The van der Waals surface area contributed by atoms with Gasteiger partial charge in [-0.25, -0.2) is 4.99 Å². The fourth-order valence-corrected chi connectivity index (χ4v) is 4.49. The lowest BCUT2D eigenvalue weighted by Crippen LogP contribution is -2.45. The van der Waals surface area contributed by atoms with Crippen molar-refractivity contribution in [3.05, 3.63) is 59.5 Å². The summed E-state index contributed by atoms with van der Waals surface area (Å²) in [6.45, 7) is 5.34. The third kappa shape index (κ3) is 6.60. The molecule has 1 aliphatic rings. The maximum Gasteiger partial charge on any atom is 0.191 e. The van der Waals surface area contributed by atoms with Gasteiger partial charge in [0.1, 0.15) is 5.76 Å². The molecule has 1 aromatic heterocycles. The predicted molar refractivity (Wildman–Crippen MR) is 119 cm³/mol. The van der Waals surface area contributed by atoms with Crippen LogP contribution in [0.5, 0.6) is 0 Å². The summed E-state index contributed by atoms with van der Waals surface area (Å²) in [5, 5.41) is 7.01. The van der Waals surface area contributed by atoms with Crippen molar-refractivity contribution in [3.8, 4) is 0 Å². The fourth-order valence-electron chi connectivity index (χ4n) is 3.41. The van der Waals surface area contributed by atoms with Crippen molar-refractivity contribution in [1.29, 1.82) is 0 Å². The number of guanidine groups is 1. The van der Waals surface area contributed by atoms with Gasteiger partial charge in [0.05, 0.1) is 19.4 Å². The van der Waals surface area contributed by atoms with Gasteiger partial charge in [-0.15, -0.1) is 0 Å². The molecule has 6 heteroatoms. The lowest BCUT2D eigenvalue weighted by atomic mass is 10.1. The second-order valence-electron chi connectivity index (χ2n) is 7.27. The highest BCUT2D eigenvalue weighted by atomic mass is 32.2. The monoisotopic (exact) mass is 400 g/mol. The van der Waals surface area contributed by atoms with Crippen molar-refractivity contribution in [2.45, 2.75) is 45.4 Å². The normalized spacial score (nSPS) is 17.7. The molecule has 1 unspecified atom stereocenters. The van der Waals surface area contributed by atoms with E-state index >= 15 is 0 Å². The number of furan rings is 1. The zero-order valence-corrected chi connectivity index (χ0v) is 17.8. The molecule has 1 fully saturated rings. The molecule has 0 radical (unpaired) electrons. The van der Waals surface area contributed by atoms with E-state index in [0.29, 0.717) is 12.6 Å². The summed E-state index contributed by atoms with van der Waals surface area (Å²) in [7, 11) is 2.12. The van der Waals surface area contributed by atoms with Crippen LogP contribution < -0.4 is 10.6 Å². The Kier molecular flexibility index (Phi) is 8.30. The van der Waals surface area contributed by atoms with Gasteiger partial charge >= 0.3 is 0 Å². The second-order valence-corrected chi connectivity index (χ2v) is 8.42. The third-order valence-corrected chi connectivity index (χ3v) is 6.03. The zero-order chi connectivity index (χ0) is 19.6. The summed E-state index contributed by atoms with van der Waals surface area (Å²) in [4.78, 5) is 7.14. The SMILES string of the molecule is CCNC(=NCc1ccccc1CN(C)Cc1ccco1)NC1CCCSC1. The number of aliphatic imine (C=N–C) groups is 1. The van der Waals surface area contributed by atoms with E-state index in [0.717, 1.165) is 31.4 Å². The Morgan fingerprint density at radius 2 is 2.07 bits per heavy atom. The van der Waals surface area contributed by atoms with Gasteiger partial charge in [0.2, 0.25) is 0 Å². The molecular weight excluding hydrogens is 368 g/mol. The lowest BCUT2D eigenvalue weighted by molar-refractivity contribution is 0.287. The number of rotatable bonds is 8. The van der Waals surface area contributed by atoms with Gasteiger partial charge in [-0.05, 0) is 55.8 Å². The van der Waals surface area contributed by atoms with Crippen LogP contribution in [-0.2, 0) is 19.6 Å². The minimum Gasteiger partial charge on any atom is -0.468 e. The summed E-state index contributed by atoms with van der Waals surface area (Å²) in [5.41, 5.74) is 2.58. The van der Waals surface area contributed by atoms with E-state index < -0.39 is 0 Å². The summed E-state index contributed by atoms with van der Waals surface area (Å²) in [6, 6.07) is 13.1. The number of nitrogens with zero attached hydrogens (tertiary/aromatic N) is 2. The molecule has 1 saturated heterocycles. The molecular formula is C22H32N4OS. The maximum atomic E-state index is 5.47. The van der Waals surface area contributed by atoms with Gasteiger partial charge in [0, 0.05) is 24.9 Å². The van der Waals surface area contributed by atoms with Crippen molar-refractivity contribution in [2.24, 2.45) is 4.99 Å². The molecule has 1 atom stereocenters. The molecule has 0 bridgehead atoms. The highest BCUT2D eigenvalue weighted by molar-refractivity contribution is 7.99. The maximum absolute atomic E-state index is 5.47. The number of hydrogen-bond donors (Lipinski definition) is 2. The molecule has 2 N–H and O–H groups in total. The van der Waals surface area contributed by atoms with E-state index in [1.165, 1.54) is 35.5 Å². The van der Waals surface area contributed by atoms with Crippen molar-refractivity contribution < 1.29 is 4.42 Å². The first-order valence-electron chi connectivity index (χ1n) is 10.1. The molecule has 0 spiro atoms. The molecule has 28 heavy (non-hydrogen) atoms. The molecule has 1 aromatic carbocycles. The standard InChI is InChI=1S/C22H32N4OS/c1-3-23-22(25-20-10-7-13-28-17-20)24-14-18-8-4-5-9-19(18)15-26(2)16-21-11-6-12-27-21/h4-6,8-9,11-12,20H,3,7,10,13-17H2,1-2H3,(H2,23,24,25). The Morgan fingerprint density at radius 1 is 1.21 bits per heavy atom. The van der Waals surface area contributed by atoms with Crippen LogP contribution in [0.3, 0.4) is 0 Å². The molecule has 0 saturated carbocycles. The van der Waals surface area contributed by atoms with Crippen LogP contribution in [0.2, 0.25) is 0 Å². The molecule has 0 amide bonds. The zero-order valence-electron chi connectivity index (χ0n) is 17.0. The predicted octanol–water partition coefficient (Wildman–Crippen LogP) is 3.86. The van der Waals surface area contributed by atoms with E-state index in [9.17, 15) is 0 Å². The van der Waals surface area contributed by atoms with Crippen LogP contribution in [0.25, 0.3) is 0 Å². The van der Waals surface area contributed by atoms with E-state index in [-0.39, 0.29) is 0 Å². The van der Waals surface area contributed by atoms with Crippen LogP contribution in [0, 0.1) is 0 Å². The minimum atomic E-state index is 0.520. The van der Waals surface area contributed by atoms with Crippen LogP contribution in [0.1, 0.15) is 36.7 Å². The summed E-state index contributed by atoms with van der Waals surface area (Å²) >= 11 is 2.03. The van der Waals surface area contributed by atoms with Gasteiger partial charge < -0.3 is 15.1 Å². The highest BCUT2D eigenvalue weighted by Crippen LogP contribution is 2.17. The van der Waals surface area contributed by atoms with Crippen molar-refractivity contribution >= 4 is 17.7 Å². The van der Waals surface area contributed by atoms with Crippen LogP contribution in [0.4, 0.5) is 0 Å². The molecule has 0 aliphatic carbocycles. The number of hydrogen-bond acceptors (Lipinski definition) is 4. The molecule has 2 aromatic rings. The van der Waals surface area contributed by atoms with Gasteiger partial charge in [-0.3, -0.25) is 4.90 Å². The molecule has 5 nitrogen and oxygen atoms in total.